The van der Waals surface area contributed by atoms with Crippen molar-refractivity contribution < 1.29 is 18.7 Å². The van der Waals surface area contributed by atoms with Gasteiger partial charge >= 0.3 is 5.63 Å². The van der Waals surface area contributed by atoms with Crippen molar-refractivity contribution in [2.75, 3.05) is 5.32 Å². The second kappa shape index (κ2) is 7.36. The minimum Gasteiger partial charge on any atom is -0.481 e. The van der Waals surface area contributed by atoms with Gasteiger partial charge < -0.3 is 20.2 Å². The number of anilines is 1. The molecular weight excluding hydrogens is 392 g/mol. The Kier molecular flexibility index (Phi) is 4.87. The largest absolute Gasteiger partial charge is 0.481 e. The van der Waals surface area contributed by atoms with E-state index in [9.17, 15) is 14.4 Å². The molecule has 8 heteroatoms. The van der Waals surface area contributed by atoms with Crippen LogP contribution in [0.25, 0.3) is 11.0 Å². The first kappa shape index (κ1) is 19.2. The van der Waals surface area contributed by atoms with E-state index < -0.39 is 23.5 Å². The first-order chi connectivity index (χ1) is 13.8. The Morgan fingerprint density at radius 3 is 2.83 bits per heavy atom. The molecule has 3 N–H and O–H groups in total. The summed E-state index contributed by atoms with van der Waals surface area (Å²) in [6.45, 7) is 3.43. The molecule has 2 aromatic heterocycles. The van der Waals surface area contributed by atoms with E-state index in [0.29, 0.717) is 21.9 Å². The molecule has 1 aliphatic carbocycles. The van der Waals surface area contributed by atoms with E-state index in [0.717, 1.165) is 40.7 Å². The molecule has 0 bridgehead atoms. The summed E-state index contributed by atoms with van der Waals surface area (Å²) in [4.78, 5) is 37.2. The molecule has 1 atom stereocenters. The molecule has 0 fully saturated rings. The molecule has 3 aromatic rings. The topological polar surface area (TPSA) is 112 Å². The minimum absolute atomic E-state index is 0.391. The molecule has 0 radical (unpaired) electrons. The molecule has 1 aromatic carbocycles. The lowest BCUT2D eigenvalue weighted by molar-refractivity contribution is -0.122. The average Bonchev–Trinajstić information content (AvgIpc) is 3.21. The van der Waals surface area contributed by atoms with Crippen LogP contribution < -0.4 is 21.4 Å². The molecule has 7 nitrogen and oxygen atoms in total. The maximum absolute atomic E-state index is 12.6. The molecule has 1 aliphatic rings. The molecule has 0 saturated heterocycles. The van der Waals surface area contributed by atoms with Gasteiger partial charge in [-0.3, -0.25) is 9.59 Å². The number of ether oxygens (including phenoxy) is 1. The van der Waals surface area contributed by atoms with E-state index in [-0.39, 0.29) is 0 Å². The van der Waals surface area contributed by atoms with Crippen molar-refractivity contribution in [1.82, 2.24) is 0 Å². The van der Waals surface area contributed by atoms with Gasteiger partial charge in [0, 0.05) is 22.4 Å². The van der Waals surface area contributed by atoms with Crippen molar-refractivity contribution in [1.29, 1.82) is 0 Å². The van der Waals surface area contributed by atoms with Crippen molar-refractivity contribution in [3.05, 3.63) is 56.3 Å². The lowest BCUT2D eigenvalue weighted by Crippen LogP contribution is -2.30. The van der Waals surface area contributed by atoms with Crippen LogP contribution in [0.2, 0.25) is 0 Å². The molecular formula is C21H20N2O5S. The van der Waals surface area contributed by atoms with Gasteiger partial charge in [-0.25, -0.2) is 4.79 Å². The quantitative estimate of drug-likeness (QED) is 0.625. The van der Waals surface area contributed by atoms with Gasteiger partial charge in [-0.2, -0.15) is 0 Å². The second-order valence-corrected chi connectivity index (χ2v) is 8.19. The van der Waals surface area contributed by atoms with Crippen LogP contribution in [0.5, 0.6) is 5.75 Å². The molecule has 1 unspecified atom stereocenters. The number of nitrogens with one attached hydrogen (secondary N) is 1. The van der Waals surface area contributed by atoms with E-state index in [1.54, 1.807) is 25.1 Å². The smallest absolute Gasteiger partial charge is 0.336 e. The van der Waals surface area contributed by atoms with Crippen molar-refractivity contribution in [3.8, 4) is 5.75 Å². The van der Waals surface area contributed by atoms with E-state index in [2.05, 4.69) is 5.32 Å². The number of nitrogens with two attached hydrogens (primary N) is 1. The van der Waals surface area contributed by atoms with E-state index >= 15 is 0 Å². The predicted octanol–water partition coefficient (Wildman–Crippen LogP) is 3.16. The van der Waals surface area contributed by atoms with E-state index in [1.165, 1.54) is 17.4 Å². The standard InChI is InChI=1S/C21H20N2O5S/c1-10-8-17(24)28-15-9-12(6-7-13(10)15)27-11(2)20(26)23-21-18(19(22)25)14-4-3-5-16(14)29-21/h6-9,11H,3-5H2,1-2H3,(H2,22,25)(H,23,26). The van der Waals surface area contributed by atoms with E-state index in [4.69, 9.17) is 14.9 Å². The summed E-state index contributed by atoms with van der Waals surface area (Å²) in [6, 6.07) is 6.51. The van der Waals surface area contributed by atoms with Gasteiger partial charge in [0.15, 0.2) is 6.10 Å². The van der Waals surface area contributed by atoms with Crippen LogP contribution in [-0.4, -0.2) is 17.9 Å². The van der Waals surface area contributed by atoms with Crippen molar-refractivity contribution in [2.24, 2.45) is 5.73 Å². The lowest BCUT2D eigenvalue weighted by atomic mass is 10.1. The Balaban J connectivity index is 1.53. The highest BCUT2D eigenvalue weighted by atomic mass is 32.1. The summed E-state index contributed by atoms with van der Waals surface area (Å²) in [5.74, 6) is -0.524. The SMILES string of the molecule is Cc1cc(=O)oc2cc(OC(C)C(=O)Nc3sc4c(c3C(N)=O)CCC4)ccc12. The number of fused-ring (bicyclic) bond motifs is 2. The maximum Gasteiger partial charge on any atom is 0.336 e. The number of primary amides is 1. The molecule has 4 rings (SSSR count). The van der Waals surface area contributed by atoms with Gasteiger partial charge in [0.05, 0.1) is 5.56 Å². The second-order valence-electron chi connectivity index (χ2n) is 7.08. The average molecular weight is 412 g/mol. The predicted molar refractivity (Wildman–Crippen MR) is 111 cm³/mol. The van der Waals surface area contributed by atoms with Crippen LogP contribution in [0.1, 0.15) is 39.7 Å². The number of carbonyl (C=O) groups excluding carboxylic acids is 2. The number of thiophene rings is 1. The van der Waals surface area contributed by atoms with Crippen molar-refractivity contribution in [2.45, 2.75) is 39.2 Å². The third kappa shape index (κ3) is 3.63. The summed E-state index contributed by atoms with van der Waals surface area (Å²) in [5.41, 5.74) is 7.65. The number of rotatable bonds is 5. The summed E-state index contributed by atoms with van der Waals surface area (Å²) in [6.07, 6.45) is 1.85. The van der Waals surface area contributed by atoms with Crippen molar-refractivity contribution >= 4 is 39.1 Å². The monoisotopic (exact) mass is 412 g/mol. The number of benzene rings is 1. The van der Waals surface area contributed by atoms with Crippen LogP contribution in [0.4, 0.5) is 5.00 Å². The summed E-state index contributed by atoms with van der Waals surface area (Å²) in [7, 11) is 0. The molecule has 0 spiro atoms. The Labute approximate surface area is 170 Å². The third-order valence-corrected chi connectivity index (χ3v) is 6.22. The van der Waals surface area contributed by atoms with Gasteiger partial charge in [0.2, 0.25) is 0 Å². The first-order valence-electron chi connectivity index (χ1n) is 9.30. The number of hydrogen-bond donors (Lipinski definition) is 2. The fourth-order valence-electron chi connectivity index (χ4n) is 3.60. The number of carbonyl (C=O) groups is 2. The minimum atomic E-state index is -0.832. The highest BCUT2D eigenvalue weighted by molar-refractivity contribution is 7.17. The molecule has 150 valence electrons. The van der Waals surface area contributed by atoms with Crippen LogP contribution >= 0.6 is 11.3 Å². The van der Waals surface area contributed by atoms with Gasteiger partial charge in [-0.05, 0) is 56.4 Å². The molecule has 0 aliphatic heterocycles. The van der Waals surface area contributed by atoms with Gasteiger partial charge in [0.25, 0.3) is 11.8 Å². The zero-order valence-corrected chi connectivity index (χ0v) is 16.9. The number of aryl methyl sites for hydroxylation is 2. The van der Waals surface area contributed by atoms with Crippen LogP contribution in [0.15, 0.2) is 33.5 Å². The normalized spacial score (nSPS) is 13.9. The highest BCUT2D eigenvalue weighted by Crippen LogP contribution is 2.39. The first-order valence-corrected chi connectivity index (χ1v) is 10.1. The number of hydrogen-bond acceptors (Lipinski definition) is 6. The summed E-state index contributed by atoms with van der Waals surface area (Å²) < 4.78 is 10.9. The van der Waals surface area contributed by atoms with Gasteiger partial charge in [-0.15, -0.1) is 11.3 Å². The van der Waals surface area contributed by atoms with Crippen LogP contribution in [-0.2, 0) is 17.6 Å². The maximum atomic E-state index is 12.6. The number of amides is 2. The van der Waals surface area contributed by atoms with Gasteiger partial charge in [0.1, 0.15) is 16.3 Å². The van der Waals surface area contributed by atoms with E-state index in [1.807, 2.05) is 6.92 Å². The fourth-order valence-corrected chi connectivity index (χ4v) is 4.90. The molecule has 0 saturated carbocycles. The van der Waals surface area contributed by atoms with Gasteiger partial charge in [-0.1, -0.05) is 0 Å². The van der Waals surface area contributed by atoms with Crippen molar-refractivity contribution in [3.63, 3.8) is 0 Å². The zero-order valence-electron chi connectivity index (χ0n) is 16.0. The lowest BCUT2D eigenvalue weighted by Gasteiger charge is -2.15. The highest BCUT2D eigenvalue weighted by Gasteiger charge is 2.27. The molecule has 2 amide bonds. The zero-order chi connectivity index (χ0) is 20.7. The third-order valence-electron chi connectivity index (χ3n) is 5.01. The summed E-state index contributed by atoms with van der Waals surface area (Å²) >= 11 is 1.40. The Morgan fingerprint density at radius 1 is 1.28 bits per heavy atom. The van der Waals surface area contributed by atoms with Crippen LogP contribution in [0, 0.1) is 6.92 Å². The summed E-state index contributed by atoms with van der Waals surface area (Å²) in [5, 5.41) is 4.05. The fraction of sp³-hybridized carbons (Fsp3) is 0.286. The van der Waals surface area contributed by atoms with Crippen LogP contribution in [0.3, 0.4) is 0 Å². The Bertz CT molecular complexity index is 1190. The molecule has 29 heavy (non-hydrogen) atoms. The molecule has 2 heterocycles. The Morgan fingerprint density at radius 2 is 2.07 bits per heavy atom. The Hall–Kier alpha value is -3.13.